The van der Waals surface area contributed by atoms with Crippen LogP contribution in [0, 0.1) is 0 Å². The average Bonchev–Trinajstić information content (AvgIpc) is 3.00. The van der Waals surface area contributed by atoms with Gasteiger partial charge < -0.3 is 10.2 Å². The van der Waals surface area contributed by atoms with Crippen LogP contribution < -0.4 is 15.9 Å². The minimum atomic E-state index is -0.257. The van der Waals surface area contributed by atoms with Gasteiger partial charge in [-0.15, -0.1) is 5.10 Å². The molecule has 0 aliphatic carbocycles. The second-order valence-corrected chi connectivity index (χ2v) is 8.93. The van der Waals surface area contributed by atoms with Gasteiger partial charge in [-0.05, 0) is 49.1 Å². The Labute approximate surface area is 192 Å². The topological polar surface area (TPSA) is 83.0 Å². The Morgan fingerprint density at radius 3 is 2.44 bits per heavy atom. The van der Waals surface area contributed by atoms with Crippen LogP contribution in [-0.4, -0.2) is 39.5 Å². The highest BCUT2D eigenvalue weighted by molar-refractivity contribution is 7.99. The molecule has 1 amide bonds. The summed E-state index contributed by atoms with van der Waals surface area (Å²) >= 11 is 1.26. The van der Waals surface area contributed by atoms with Crippen molar-refractivity contribution < 1.29 is 4.79 Å². The molecule has 7 nitrogen and oxygen atoms in total. The van der Waals surface area contributed by atoms with Crippen LogP contribution in [0.4, 0.5) is 11.4 Å². The maximum atomic E-state index is 12.4. The lowest BCUT2D eigenvalue weighted by Crippen LogP contribution is -2.23. The molecule has 2 aromatic carbocycles. The first-order valence-electron chi connectivity index (χ1n) is 11.2. The number of carbonyl (C=O) groups excluding carboxylic acids is 1. The Kier molecular flexibility index (Phi) is 7.66. The van der Waals surface area contributed by atoms with Gasteiger partial charge in [0.25, 0.3) is 0 Å². The fourth-order valence-corrected chi connectivity index (χ4v) is 4.68. The molecule has 0 bridgehead atoms. The number of amides is 1. The predicted octanol–water partition coefficient (Wildman–Crippen LogP) is 3.93. The van der Waals surface area contributed by atoms with E-state index in [9.17, 15) is 9.59 Å². The molecule has 2 heterocycles. The number of anilines is 2. The van der Waals surface area contributed by atoms with Crippen molar-refractivity contribution in [1.82, 2.24) is 14.8 Å². The van der Waals surface area contributed by atoms with Crippen LogP contribution in [0.2, 0.25) is 0 Å². The van der Waals surface area contributed by atoms with Gasteiger partial charge >= 0.3 is 5.69 Å². The van der Waals surface area contributed by atoms with E-state index >= 15 is 0 Å². The number of thioether (sulfide) groups is 1. The molecule has 1 aliphatic rings. The van der Waals surface area contributed by atoms with Crippen LogP contribution in [0.1, 0.15) is 31.2 Å². The first-order valence-corrected chi connectivity index (χ1v) is 12.1. The lowest BCUT2D eigenvalue weighted by atomic mass is 10.1. The number of hydrogen-bond acceptors (Lipinski definition) is 5. The Morgan fingerprint density at radius 1 is 1.00 bits per heavy atom. The number of rotatable bonds is 8. The van der Waals surface area contributed by atoms with Gasteiger partial charge in [-0.3, -0.25) is 9.36 Å². The van der Waals surface area contributed by atoms with Crippen molar-refractivity contribution in [3.05, 3.63) is 70.6 Å². The standard InChI is InChI=1S/C24H29N5O2S/c30-22(25-20-10-12-21(13-11-20)28-15-6-1-2-7-16-28)18-32-24-27-26-23(31)29(24)17-14-19-8-4-3-5-9-19/h3-5,8-13H,1-2,6-7,14-18H2,(H,25,30)(H,26,31). The number of nitrogens with zero attached hydrogens (tertiary/aromatic N) is 3. The number of carbonyl (C=O) groups is 1. The third-order valence-electron chi connectivity index (χ3n) is 5.64. The van der Waals surface area contributed by atoms with E-state index < -0.39 is 0 Å². The van der Waals surface area contributed by atoms with Crippen molar-refractivity contribution >= 4 is 29.0 Å². The summed E-state index contributed by atoms with van der Waals surface area (Å²) < 4.78 is 1.58. The molecule has 168 valence electrons. The van der Waals surface area contributed by atoms with Crippen molar-refractivity contribution in [2.45, 2.75) is 43.8 Å². The fourth-order valence-electron chi connectivity index (χ4n) is 3.91. The number of H-pyrrole nitrogens is 1. The second kappa shape index (κ2) is 11.0. The molecule has 8 heteroatoms. The Morgan fingerprint density at radius 2 is 1.72 bits per heavy atom. The highest BCUT2D eigenvalue weighted by Gasteiger charge is 2.13. The van der Waals surface area contributed by atoms with Crippen molar-refractivity contribution in [2.24, 2.45) is 0 Å². The Balaban J connectivity index is 1.29. The smallest absolute Gasteiger partial charge is 0.343 e. The van der Waals surface area contributed by atoms with E-state index in [0.29, 0.717) is 11.7 Å². The molecule has 0 radical (unpaired) electrons. The number of nitrogens with one attached hydrogen (secondary N) is 2. The minimum Gasteiger partial charge on any atom is -0.372 e. The van der Waals surface area contributed by atoms with Gasteiger partial charge in [0.05, 0.1) is 5.75 Å². The molecule has 0 atom stereocenters. The third kappa shape index (κ3) is 6.03. The monoisotopic (exact) mass is 451 g/mol. The molecule has 1 aromatic heterocycles. The van der Waals surface area contributed by atoms with E-state index in [2.05, 4.69) is 32.5 Å². The van der Waals surface area contributed by atoms with Crippen LogP contribution in [0.15, 0.2) is 64.5 Å². The van der Waals surface area contributed by atoms with Gasteiger partial charge in [0.1, 0.15) is 0 Å². The summed E-state index contributed by atoms with van der Waals surface area (Å²) in [5.74, 6) is 0.0614. The zero-order valence-electron chi connectivity index (χ0n) is 18.1. The van der Waals surface area contributed by atoms with Gasteiger partial charge in [-0.1, -0.05) is 54.9 Å². The van der Waals surface area contributed by atoms with Crippen LogP contribution in [0.25, 0.3) is 0 Å². The second-order valence-electron chi connectivity index (χ2n) is 7.98. The van der Waals surface area contributed by atoms with E-state index in [0.717, 1.165) is 30.8 Å². The number of hydrogen-bond donors (Lipinski definition) is 2. The summed E-state index contributed by atoms with van der Waals surface area (Å²) in [7, 11) is 0. The summed E-state index contributed by atoms with van der Waals surface area (Å²) in [6.45, 7) is 2.71. The highest BCUT2D eigenvalue weighted by Crippen LogP contribution is 2.22. The SMILES string of the molecule is O=C(CSc1n[nH]c(=O)n1CCc1ccccc1)Nc1ccc(N2CCCCCC2)cc1. The average molecular weight is 452 g/mol. The van der Waals surface area contributed by atoms with E-state index in [1.165, 1.54) is 43.1 Å². The largest absolute Gasteiger partial charge is 0.372 e. The quantitative estimate of drug-likeness (QED) is 0.507. The van der Waals surface area contributed by atoms with Crippen LogP contribution in [0.5, 0.6) is 0 Å². The zero-order chi connectivity index (χ0) is 22.2. The minimum absolute atomic E-state index is 0.123. The predicted molar refractivity (Wildman–Crippen MR) is 129 cm³/mol. The van der Waals surface area contributed by atoms with E-state index in [-0.39, 0.29) is 17.3 Å². The lowest BCUT2D eigenvalue weighted by molar-refractivity contribution is -0.113. The van der Waals surface area contributed by atoms with E-state index in [1.807, 2.05) is 42.5 Å². The van der Waals surface area contributed by atoms with Crippen LogP contribution >= 0.6 is 11.8 Å². The molecule has 1 saturated heterocycles. The van der Waals surface area contributed by atoms with Crippen LogP contribution in [-0.2, 0) is 17.8 Å². The van der Waals surface area contributed by atoms with Crippen molar-refractivity contribution in [2.75, 3.05) is 29.1 Å². The highest BCUT2D eigenvalue weighted by atomic mass is 32.2. The lowest BCUT2D eigenvalue weighted by Gasteiger charge is -2.22. The van der Waals surface area contributed by atoms with Crippen LogP contribution in [0.3, 0.4) is 0 Å². The summed E-state index contributed by atoms with van der Waals surface area (Å²) in [4.78, 5) is 27.0. The van der Waals surface area contributed by atoms with Gasteiger partial charge in [-0.2, -0.15) is 0 Å². The zero-order valence-corrected chi connectivity index (χ0v) is 18.9. The number of aryl methyl sites for hydroxylation is 1. The summed E-state index contributed by atoms with van der Waals surface area (Å²) in [5.41, 5.74) is 2.88. The molecule has 0 unspecified atom stereocenters. The number of benzene rings is 2. The molecule has 0 saturated carbocycles. The number of aromatic amines is 1. The maximum Gasteiger partial charge on any atom is 0.343 e. The van der Waals surface area contributed by atoms with Crippen molar-refractivity contribution in [3.8, 4) is 0 Å². The first kappa shape index (κ1) is 22.2. The molecule has 4 rings (SSSR count). The van der Waals surface area contributed by atoms with E-state index in [4.69, 9.17) is 0 Å². The maximum absolute atomic E-state index is 12.4. The Hall–Kier alpha value is -3.00. The summed E-state index contributed by atoms with van der Waals surface area (Å²) in [6.07, 6.45) is 5.80. The molecule has 3 aromatic rings. The van der Waals surface area contributed by atoms with Gasteiger partial charge in [-0.25, -0.2) is 9.89 Å². The molecule has 1 fully saturated rings. The molecular formula is C24H29N5O2S. The number of aromatic nitrogens is 3. The van der Waals surface area contributed by atoms with Crippen molar-refractivity contribution in [1.29, 1.82) is 0 Å². The first-order chi connectivity index (χ1) is 15.7. The van der Waals surface area contributed by atoms with Gasteiger partial charge in [0.2, 0.25) is 5.91 Å². The summed E-state index contributed by atoms with van der Waals surface area (Å²) in [6, 6.07) is 18.0. The van der Waals surface area contributed by atoms with E-state index in [1.54, 1.807) is 4.57 Å². The molecule has 0 spiro atoms. The summed E-state index contributed by atoms with van der Waals surface area (Å²) in [5, 5.41) is 10.0. The molecule has 2 N–H and O–H groups in total. The van der Waals surface area contributed by atoms with Gasteiger partial charge in [0, 0.05) is 31.0 Å². The van der Waals surface area contributed by atoms with Crippen molar-refractivity contribution in [3.63, 3.8) is 0 Å². The normalized spacial score (nSPS) is 14.2. The Bertz CT molecular complexity index is 1050. The fraction of sp³-hybridized carbons (Fsp3) is 0.375. The molecular weight excluding hydrogens is 422 g/mol. The molecule has 1 aliphatic heterocycles. The van der Waals surface area contributed by atoms with Gasteiger partial charge in [0.15, 0.2) is 5.16 Å². The molecule has 32 heavy (non-hydrogen) atoms. The third-order valence-corrected chi connectivity index (χ3v) is 6.62.